The highest BCUT2D eigenvalue weighted by molar-refractivity contribution is 5.90. The number of hydrogen-bond acceptors (Lipinski definition) is 7. The lowest BCUT2D eigenvalue weighted by molar-refractivity contribution is -0.144. The summed E-state index contributed by atoms with van der Waals surface area (Å²) < 4.78 is 1.64. The zero-order valence-corrected chi connectivity index (χ0v) is 23.5. The van der Waals surface area contributed by atoms with E-state index in [2.05, 4.69) is 37.6 Å². The molecule has 1 saturated carbocycles. The molecule has 3 heterocycles. The van der Waals surface area contributed by atoms with E-state index >= 15 is 0 Å². The number of rotatable bonds is 10. The third-order valence-electron chi connectivity index (χ3n) is 7.58. The van der Waals surface area contributed by atoms with Crippen LogP contribution in [0.2, 0.25) is 0 Å². The van der Waals surface area contributed by atoms with Gasteiger partial charge in [0.05, 0.1) is 11.8 Å². The number of benzene rings is 1. The van der Waals surface area contributed by atoms with Gasteiger partial charge in [-0.3, -0.25) is 9.59 Å². The predicted molar refractivity (Wildman–Crippen MR) is 151 cm³/mol. The Bertz CT molecular complexity index is 1290. The molecule has 1 aromatic carbocycles. The minimum atomic E-state index is -0.763. The van der Waals surface area contributed by atoms with Crippen LogP contribution in [0.25, 0.3) is 0 Å². The first-order valence-corrected chi connectivity index (χ1v) is 14.1. The monoisotopic (exact) mass is 545 g/mol. The van der Waals surface area contributed by atoms with E-state index in [-0.39, 0.29) is 24.8 Å². The molecule has 2 fully saturated rings. The van der Waals surface area contributed by atoms with Crippen molar-refractivity contribution < 1.29 is 14.7 Å². The maximum Gasteiger partial charge on any atom is 0.248 e. The average molecular weight is 546 g/mol. The molecule has 10 nitrogen and oxygen atoms in total. The van der Waals surface area contributed by atoms with Crippen LogP contribution in [0.15, 0.2) is 60.9 Å². The molecule has 1 aliphatic heterocycles. The number of carbonyl (C=O) groups excluding carboxylic acids is 2. The van der Waals surface area contributed by atoms with E-state index in [9.17, 15) is 14.7 Å². The fourth-order valence-corrected chi connectivity index (χ4v) is 5.38. The van der Waals surface area contributed by atoms with Gasteiger partial charge in [-0.05, 0) is 36.0 Å². The maximum atomic E-state index is 13.9. The van der Waals surface area contributed by atoms with Crippen LogP contribution < -0.4 is 10.2 Å². The topological polar surface area (TPSA) is 116 Å². The van der Waals surface area contributed by atoms with Gasteiger partial charge in [0.1, 0.15) is 17.9 Å². The molecular formula is C30H39N7O3. The van der Waals surface area contributed by atoms with Crippen LogP contribution in [0.3, 0.4) is 0 Å². The quantitative estimate of drug-likeness (QED) is 0.402. The summed E-state index contributed by atoms with van der Waals surface area (Å²) in [6.45, 7) is 7.61. The number of aliphatic hydroxyl groups excluding tert-OH is 1. The van der Waals surface area contributed by atoms with Gasteiger partial charge in [-0.1, -0.05) is 62.4 Å². The van der Waals surface area contributed by atoms with E-state index < -0.39 is 23.6 Å². The lowest BCUT2D eigenvalue weighted by Crippen LogP contribution is -2.51. The fourth-order valence-electron chi connectivity index (χ4n) is 5.38. The van der Waals surface area contributed by atoms with Crippen LogP contribution in [-0.4, -0.2) is 73.6 Å². The molecule has 0 spiro atoms. The zero-order valence-electron chi connectivity index (χ0n) is 23.5. The van der Waals surface area contributed by atoms with Gasteiger partial charge in [0.15, 0.2) is 0 Å². The number of nitrogens with one attached hydrogen (secondary N) is 1. The minimum Gasteiger partial charge on any atom is -0.391 e. The molecule has 3 aromatic rings. The largest absolute Gasteiger partial charge is 0.391 e. The van der Waals surface area contributed by atoms with E-state index in [1.807, 2.05) is 63.4 Å². The molecule has 40 heavy (non-hydrogen) atoms. The molecule has 3 atom stereocenters. The van der Waals surface area contributed by atoms with Crippen molar-refractivity contribution in [3.05, 3.63) is 72.2 Å². The summed E-state index contributed by atoms with van der Waals surface area (Å²) in [4.78, 5) is 35.5. The second-order valence-electron chi connectivity index (χ2n) is 11.9. The summed E-state index contributed by atoms with van der Waals surface area (Å²) in [5.41, 5.74) is 1.58. The van der Waals surface area contributed by atoms with Gasteiger partial charge in [0.2, 0.25) is 11.8 Å². The Hall–Kier alpha value is -3.79. The summed E-state index contributed by atoms with van der Waals surface area (Å²) in [7, 11) is 0. The van der Waals surface area contributed by atoms with Crippen LogP contribution in [0.5, 0.6) is 0 Å². The normalized spacial score (nSPS) is 19.9. The fraction of sp³-hybridized carbons (Fsp3) is 0.500. The second-order valence-corrected chi connectivity index (χ2v) is 11.9. The first-order chi connectivity index (χ1) is 19.2. The molecule has 212 valence electrons. The number of aliphatic hydroxyl groups is 1. The Morgan fingerprint density at radius 2 is 1.88 bits per heavy atom. The van der Waals surface area contributed by atoms with Crippen LogP contribution in [0, 0.1) is 5.41 Å². The number of anilines is 1. The SMILES string of the molecule is CC(C)(C)[C@@H](C(=O)N1CC(O)CC1C(=O)NCCN(Cc1ccccc1)c1ccccn1)n1cc(C2CC2)nn1. The highest BCUT2D eigenvalue weighted by Crippen LogP contribution is 2.40. The minimum absolute atomic E-state index is 0.113. The van der Waals surface area contributed by atoms with Crippen molar-refractivity contribution in [2.75, 3.05) is 24.5 Å². The maximum absolute atomic E-state index is 13.9. The van der Waals surface area contributed by atoms with Gasteiger partial charge < -0.3 is 20.2 Å². The van der Waals surface area contributed by atoms with Gasteiger partial charge in [-0.25, -0.2) is 9.67 Å². The van der Waals surface area contributed by atoms with E-state index in [0.29, 0.717) is 25.6 Å². The highest BCUT2D eigenvalue weighted by Gasteiger charge is 2.45. The molecule has 2 unspecified atom stereocenters. The molecule has 2 N–H and O–H groups in total. The number of β-amino-alcohol motifs (C(OH)–C–C–N with tert-alkyl or cyclic N) is 1. The Morgan fingerprint density at radius 3 is 2.55 bits per heavy atom. The molecule has 5 rings (SSSR count). The predicted octanol–water partition coefficient (Wildman–Crippen LogP) is 2.92. The van der Waals surface area contributed by atoms with Crippen molar-refractivity contribution in [1.82, 2.24) is 30.2 Å². The van der Waals surface area contributed by atoms with Crippen molar-refractivity contribution in [2.45, 2.75) is 70.7 Å². The summed E-state index contributed by atoms with van der Waals surface area (Å²) in [5, 5.41) is 22.1. The average Bonchev–Trinajstić information content (AvgIpc) is 3.54. The molecule has 1 aliphatic carbocycles. The number of likely N-dealkylation sites (tertiary alicyclic amines) is 1. The third-order valence-corrected chi connectivity index (χ3v) is 7.58. The molecule has 0 bridgehead atoms. The van der Waals surface area contributed by atoms with E-state index in [1.165, 1.54) is 4.90 Å². The number of carbonyl (C=O) groups is 2. The number of aromatic nitrogens is 4. The third kappa shape index (κ3) is 6.50. The Labute approximate surface area is 235 Å². The molecule has 10 heteroatoms. The van der Waals surface area contributed by atoms with Gasteiger partial charge in [-0.15, -0.1) is 5.10 Å². The number of pyridine rings is 1. The highest BCUT2D eigenvalue weighted by atomic mass is 16.3. The Morgan fingerprint density at radius 1 is 1.12 bits per heavy atom. The van der Waals surface area contributed by atoms with E-state index in [1.54, 1.807) is 10.9 Å². The standard InChI is InChI=1S/C30H39N7O3/c1-30(2,3)27(37-20-24(33-34-37)22-12-13-22)29(40)36-19-23(38)17-25(36)28(39)32-15-16-35(26-11-7-8-14-31-26)18-21-9-5-4-6-10-21/h4-11,14,20,22-23,25,27,38H,12-13,15-19H2,1-3H3,(H,32,39)/t23?,25?,27-/m1/s1. The van der Waals surface area contributed by atoms with Gasteiger partial charge in [0, 0.05) is 50.9 Å². The van der Waals surface area contributed by atoms with Gasteiger partial charge >= 0.3 is 0 Å². The van der Waals surface area contributed by atoms with Crippen LogP contribution in [0.1, 0.15) is 63.3 Å². The number of nitrogens with zero attached hydrogens (tertiary/aromatic N) is 6. The van der Waals surface area contributed by atoms with Crippen LogP contribution in [0.4, 0.5) is 5.82 Å². The summed E-state index contributed by atoms with van der Waals surface area (Å²) in [5.74, 6) is 0.746. The van der Waals surface area contributed by atoms with Crippen LogP contribution >= 0.6 is 0 Å². The smallest absolute Gasteiger partial charge is 0.248 e. The number of amides is 2. The van der Waals surface area contributed by atoms with E-state index in [0.717, 1.165) is 29.9 Å². The first kappa shape index (κ1) is 27.8. The lowest BCUT2D eigenvalue weighted by Gasteiger charge is -2.34. The molecule has 1 saturated heterocycles. The van der Waals surface area contributed by atoms with Crippen molar-refractivity contribution in [1.29, 1.82) is 0 Å². The Kier molecular flexibility index (Phi) is 8.16. The molecule has 2 amide bonds. The zero-order chi connectivity index (χ0) is 28.3. The second kappa shape index (κ2) is 11.8. The van der Waals surface area contributed by atoms with E-state index in [4.69, 9.17) is 0 Å². The summed E-state index contributed by atoms with van der Waals surface area (Å²) in [6, 6.07) is 14.5. The van der Waals surface area contributed by atoms with Crippen molar-refractivity contribution in [3.8, 4) is 0 Å². The molecule has 2 aromatic heterocycles. The summed E-state index contributed by atoms with van der Waals surface area (Å²) in [6.07, 6.45) is 5.25. The van der Waals surface area contributed by atoms with Crippen molar-refractivity contribution >= 4 is 17.6 Å². The molecule has 2 aliphatic rings. The first-order valence-electron chi connectivity index (χ1n) is 14.1. The van der Waals surface area contributed by atoms with Crippen molar-refractivity contribution in [3.63, 3.8) is 0 Å². The Balaban J connectivity index is 1.26. The van der Waals surface area contributed by atoms with Gasteiger partial charge in [-0.2, -0.15) is 0 Å². The van der Waals surface area contributed by atoms with Crippen LogP contribution in [-0.2, 0) is 16.1 Å². The van der Waals surface area contributed by atoms with Gasteiger partial charge in [0.25, 0.3) is 0 Å². The molecular weight excluding hydrogens is 506 g/mol. The lowest BCUT2D eigenvalue weighted by atomic mass is 9.85. The summed E-state index contributed by atoms with van der Waals surface area (Å²) >= 11 is 0. The molecule has 0 radical (unpaired) electrons. The van der Waals surface area contributed by atoms with Crippen molar-refractivity contribution in [2.24, 2.45) is 5.41 Å². The number of hydrogen-bond donors (Lipinski definition) is 2.